The molecule has 4 aliphatic rings. The molecule has 0 aliphatic heterocycles. The van der Waals surface area contributed by atoms with Gasteiger partial charge in [0.15, 0.2) is 0 Å². The van der Waals surface area contributed by atoms with Crippen molar-refractivity contribution in [2.24, 2.45) is 47.3 Å². The van der Waals surface area contributed by atoms with Gasteiger partial charge >= 0.3 is 11.9 Å². The number of carboxylic acids is 2. The molecule has 4 rings (SSSR count). The molecule has 8 unspecified atom stereocenters. The van der Waals surface area contributed by atoms with E-state index in [9.17, 15) is 9.59 Å². The number of hydrogen-bond donors (Lipinski definition) is 2. The minimum absolute atomic E-state index is 0.0857. The Morgan fingerprint density at radius 1 is 0.850 bits per heavy atom. The summed E-state index contributed by atoms with van der Waals surface area (Å²) < 4.78 is 0. The molecule has 0 spiro atoms. The van der Waals surface area contributed by atoms with Crippen LogP contribution in [0.2, 0.25) is 0 Å². The van der Waals surface area contributed by atoms with E-state index < -0.39 is 11.9 Å². The largest absolute Gasteiger partial charge is 0.481 e. The molecule has 0 saturated heterocycles. The van der Waals surface area contributed by atoms with E-state index >= 15 is 0 Å². The summed E-state index contributed by atoms with van der Waals surface area (Å²) in [4.78, 5) is 22.3. The van der Waals surface area contributed by atoms with Crippen molar-refractivity contribution in [3.63, 3.8) is 0 Å². The Hall–Kier alpha value is -1.32. The number of carbonyl (C=O) groups is 2. The van der Waals surface area contributed by atoms with Crippen molar-refractivity contribution < 1.29 is 19.8 Å². The summed E-state index contributed by atoms with van der Waals surface area (Å²) in [7, 11) is 0. The molecule has 0 aromatic heterocycles. The Balaban J connectivity index is 1.64. The van der Waals surface area contributed by atoms with E-state index in [0.717, 1.165) is 6.42 Å². The second kappa shape index (κ2) is 4.09. The predicted molar refractivity (Wildman–Crippen MR) is 70.8 cm³/mol. The molecule has 0 heterocycles. The first kappa shape index (κ1) is 12.4. The summed E-state index contributed by atoms with van der Waals surface area (Å²) in [5.41, 5.74) is 0. The maximum absolute atomic E-state index is 11.2. The Kier molecular flexibility index (Phi) is 2.54. The Labute approximate surface area is 117 Å². The van der Waals surface area contributed by atoms with Crippen LogP contribution in [0.15, 0.2) is 12.2 Å². The van der Waals surface area contributed by atoms with Crippen molar-refractivity contribution in [2.75, 3.05) is 0 Å². The van der Waals surface area contributed by atoms with Crippen LogP contribution in [-0.4, -0.2) is 22.2 Å². The van der Waals surface area contributed by atoms with Gasteiger partial charge in [-0.15, -0.1) is 0 Å². The maximum Gasteiger partial charge on any atom is 0.303 e. The van der Waals surface area contributed by atoms with Crippen LogP contribution in [0.1, 0.15) is 25.7 Å². The zero-order chi connectivity index (χ0) is 14.0. The summed E-state index contributed by atoms with van der Waals surface area (Å²) in [6.07, 6.45) is 7.27. The zero-order valence-electron chi connectivity index (χ0n) is 11.3. The quantitative estimate of drug-likeness (QED) is 0.610. The topological polar surface area (TPSA) is 74.6 Å². The molecule has 108 valence electrons. The van der Waals surface area contributed by atoms with Crippen LogP contribution in [0.4, 0.5) is 0 Å². The number of rotatable bonds is 4. The highest BCUT2D eigenvalue weighted by molar-refractivity contribution is 5.69. The highest BCUT2D eigenvalue weighted by atomic mass is 16.4. The van der Waals surface area contributed by atoms with Crippen molar-refractivity contribution >= 4 is 11.9 Å². The van der Waals surface area contributed by atoms with E-state index in [-0.39, 0.29) is 24.7 Å². The Bertz CT molecular complexity index is 455. The van der Waals surface area contributed by atoms with Gasteiger partial charge in [0, 0.05) is 12.8 Å². The van der Waals surface area contributed by atoms with Gasteiger partial charge in [0.05, 0.1) is 0 Å². The zero-order valence-corrected chi connectivity index (χ0v) is 11.3. The fourth-order valence-electron chi connectivity index (χ4n) is 6.30. The minimum Gasteiger partial charge on any atom is -0.481 e. The van der Waals surface area contributed by atoms with Gasteiger partial charge in [0.2, 0.25) is 0 Å². The van der Waals surface area contributed by atoms with Crippen LogP contribution in [0.5, 0.6) is 0 Å². The second-order valence-corrected chi connectivity index (χ2v) is 7.19. The number of allylic oxidation sites excluding steroid dienone is 2. The van der Waals surface area contributed by atoms with E-state index in [1.165, 1.54) is 6.42 Å². The van der Waals surface area contributed by atoms with E-state index in [1.54, 1.807) is 0 Å². The molecule has 4 bridgehead atoms. The van der Waals surface area contributed by atoms with Crippen LogP contribution in [0.25, 0.3) is 0 Å². The molecule has 20 heavy (non-hydrogen) atoms. The lowest BCUT2D eigenvalue weighted by molar-refractivity contribution is -0.143. The molecule has 0 aromatic carbocycles. The monoisotopic (exact) mass is 276 g/mol. The SMILES string of the molecule is O=C(O)CC1C(CC(=O)O)C2CC1C1C3C=CC(C3)C21. The third kappa shape index (κ3) is 1.54. The van der Waals surface area contributed by atoms with Gasteiger partial charge in [0.1, 0.15) is 0 Å². The van der Waals surface area contributed by atoms with E-state index in [0.29, 0.717) is 35.5 Å². The van der Waals surface area contributed by atoms with Crippen molar-refractivity contribution in [3.8, 4) is 0 Å². The number of carboxylic acid groups (broad SMARTS) is 2. The van der Waals surface area contributed by atoms with Crippen LogP contribution in [0.3, 0.4) is 0 Å². The Morgan fingerprint density at radius 3 is 1.70 bits per heavy atom. The molecular weight excluding hydrogens is 256 g/mol. The average molecular weight is 276 g/mol. The molecule has 0 aromatic rings. The summed E-state index contributed by atoms with van der Waals surface area (Å²) in [5, 5.41) is 18.3. The van der Waals surface area contributed by atoms with Crippen LogP contribution < -0.4 is 0 Å². The molecule has 0 amide bonds. The summed E-state index contributed by atoms with van der Waals surface area (Å²) in [6.45, 7) is 0. The van der Waals surface area contributed by atoms with Crippen molar-refractivity contribution in [1.82, 2.24) is 0 Å². The summed E-state index contributed by atoms with van der Waals surface area (Å²) in [5.74, 6) is 2.10. The molecule has 3 fully saturated rings. The van der Waals surface area contributed by atoms with Gasteiger partial charge < -0.3 is 10.2 Å². The number of fused-ring (bicyclic) bond motifs is 9. The first-order valence-electron chi connectivity index (χ1n) is 7.68. The second-order valence-electron chi connectivity index (χ2n) is 7.19. The number of hydrogen-bond acceptors (Lipinski definition) is 2. The molecule has 4 heteroatoms. The third-order valence-electron chi connectivity index (χ3n) is 6.59. The van der Waals surface area contributed by atoms with Crippen LogP contribution in [0, 0.1) is 47.3 Å². The molecule has 3 saturated carbocycles. The summed E-state index contributed by atoms with van der Waals surface area (Å²) >= 11 is 0. The van der Waals surface area contributed by atoms with E-state index in [1.807, 2.05) is 0 Å². The standard InChI is InChI=1S/C16H20O4/c17-13(18)5-9-10(6-14(19)20)12-4-11(9)15-7-1-2-8(3-7)16(12)15/h1-2,7-12,15-16H,3-6H2,(H,17,18)(H,19,20). The van der Waals surface area contributed by atoms with Crippen molar-refractivity contribution in [3.05, 3.63) is 12.2 Å². The first-order chi connectivity index (χ1) is 9.56. The van der Waals surface area contributed by atoms with Gasteiger partial charge in [-0.3, -0.25) is 9.59 Å². The van der Waals surface area contributed by atoms with Crippen molar-refractivity contribution in [2.45, 2.75) is 25.7 Å². The van der Waals surface area contributed by atoms with Gasteiger partial charge in [0.25, 0.3) is 0 Å². The lowest BCUT2D eigenvalue weighted by atomic mass is 9.63. The van der Waals surface area contributed by atoms with Gasteiger partial charge in [-0.1, -0.05) is 12.2 Å². The molecule has 8 atom stereocenters. The average Bonchev–Trinajstić information content (AvgIpc) is 3.06. The molecule has 2 N–H and O–H groups in total. The smallest absolute Gasteiger partial charge is 0.303 e. The number of aliphatic carboxylic acids is 2. The molecule has 4 nitrogen and oxygen atoms in total. The lowest BCUT2D eigenvalue weighted by Crippen LogP contribution is -2.38. The fourth-order valence-corrected chi connectivity index (χ4v) is 6.30. The highest BCUT2D eigenvalue weighted by Crippen LogP contribution is 2.69. The minimum atomic E-state index is -0.770. The lowest BCUT2D eigenvalue weighted by Gasteiger charge is -2.41. The molecule has 0 radical (unpaired) electrons. The fraction of sp³-hybridized carbons (Fsp3) is 0.750. The van der Waals surface area contributed by atoms with Crippen LogP contribution in [-0.2, 0) is 9.59 Å². The van der Waals surface area contributed by atoms with Gasteiger partial charge in [-0.2, -0.15) is 0 Å². The van der Waals surface area contributed by atoms with Gasteiger partial charge in [-0.25, -0.2) is 0 Å². The Morgan fingerprint density at radius 2 is 1.30 bits per heavy atom. The first-order valence-corrected chi connectivity index (χ1v) is 7.68. The van der Waals surface area contributed by atoms with Crippen molar-refractivity contribution in [1.29, 1.82) is 0 Å². The predicted octanol–water partition coefficient (Wildman–Crippen LogP) is 2.26. The maximum atomic E-state index is 11.2. The van der Waals surface area contributed by atoms with Crippen LogP contribution >= 0.6 is 0 Å². The molecule has 4 aliphatic carbocycles. The summed E-state index contributed by atoms with van der Waals surface area (Å²) in [6, 6.07) is 0. The normalized spacial score (nSPS) is 50.6. The van der Waals surface area contributed by atoms with E-state index in [4.69, 9.17) is 10.2 Å². The highest BCUT2D eigenvalue weighted by Gasteiger charge is 2.64. The van der Waals surface area contributed by atoms with E-state index in [2.05, 4.69) is 12.2 Å². The molecular formula is C16H20O4. The third-order valence-corrected chi connectivity index (χ3v) is 6.59. The van der Waals surface area contributed by atoms with Gasteiger partial charge in [-0.05, 0) is 60.2 Å².